The van der Waals surface area contributed by atoms with E-state index in [0.717, 1.165) is 46.9 Å². The number of nitrogens with one attached hydrogen (secondary N) is 1. The predicted octanol–water partition coefficient (Wildman–Crippen LogP) is 3.71. The minimum atomic E-state index is -0.484. The molecule has 3 N–H and O–H groups in total. The fourth-order valence-corrected chi connectivity index (χ4v) is 4.37. The van der Waals surface area contributed by atoms with Gasteiger partial charge in [0.05, 0.1) is 24.0 Å². The van der Waals surface area contributed by atoms with Gasteiger partial charge < -0.3 is 20.9 Å². The lowest BCUT2D eigenvalue weighted by atomic mass is 9.95. The van der Waals surface area contributed by atoms with E-state index < -0.39 is 11.5 Å². The van der Waals surface area contributed by atoms with Crippen LogP contribution in [0.5, 0.6) is 0 Å². The second-order valence-corrected chi connectivity index (χ2v) is 11.5. The summed E-state index contributed by atoms with van der Waals surface area (Å²) in [5.74, 6) is 0.901. The van der Waals surface area contributed by atoms with Gasteiger partial charge in [-0.3, -0.25) is 9.59 Å². The molecule has 0 spiro atoms. The van der Waals surface area contributed by atoms with E-state index in [1.165, 1.54) is 0 Å². The zero-order chi connectivity index (χ0) is 27.1. The Hall–Kier alpha value is -3.46. The van der Waals surface area contributed by atoms with Crippen molar-refractivity contribution < 1.29 is 9.59 Å². The number of hydrogen-bond donors (Lipinski definition) is 2. The summed E-state index contributed by atoms with van der Waals surface area (Å²) in [6.07, 6.45) is 2.78. The number of carbonyl (C=O) groups is 2. The standard InChI is InChI=1S/C28H39N7O2/c1-17(2)25(29)26(36)33(7)20-12-13-34(15-20)24-11-10-23-30-22(16-35(23)32-24)19-9-8-18(3)21(14-19)31-27(37)28(4,5)6/h8-11,14,16-17,20,25H,12-13,15,29H2,1-7H3,(H,31,37). The lowest BCUT2D eigenvalue weighted by molar-refractivity contribution is -0.134. The molecule has 1 aromatic carbocycles. The molecule has 3 aromatic rings. The fraction of sp³-hybridized carbons (Fsp3) is 0.500. The van der Waals surface area contributed by atoms with Crippen molar-refractivity contribution in [2.45, 2.75) is 60.0 Å². The molecule has 2 unspecified atom stereocenters. The lowest BCUT2D eigenvalue weighted by Crippen LogP contribution is -2.49. The zero-order valence-electron chi connectivity index (χ0n) is 22.9. The van der Waals surface area contributed by atoms with E-state index in [2.05, 4.69) is 10.2 Å². The Morgan fingerprint density at radius 1 is 1.19 bits per heavy atom. The summed E-state index contributed by atoms with van der Waals surface area (Å²) in [5.41, 5.74) is 9.82. The molecule has 0 saturated carbocycles. The Labute approximate surface area is 219 Å². The minimum absolute atomic E-state index is 0.0133. The molecule has 0 aliphatic carbocycles. The number of nitrogens with two attached hydrogens (primary N) is 1. The first kappa shape index (κ1) is 26.6. The van der Waals surface area contributed by atoms with Crippen LogP contribution in [0, 0.1) is 18.3 Å². The highest BCUT2D eigenvalue weighted by atomic mass is 16.2. The number of fused-ring (bicyclic) bond motifs is 1. The Bertz CT molecular complexity index is 1310. The molecule has 37 heavy (non-hydrogen) atoms. The Kier molecular flexibility index (Phi) is 7.28. The summed E-state index contributed by atoms with van der Waals surface area (Å²) in [4.78, 5) is 34.0. The van der Waals surface area contributed by atoms with Gasteiger partial charge in [0.25, 0.3) is 0 Å². The summed E-state index contributed by atoms with van der Waals surface area (Å²) in [5, 5.41) is 7.85. The average Bonchev–Trinajstić information content (AvgIpc) is 3.50. The largest absolute Gasteiger partial charge is 0.353 e. The van der Waals surface area contributed by atoms with Gasteiger partial charge in [-0.15, -0.1) is 5.10 Å². The van der Waals surface area contributed by atoms with Crippen molar-refractivity contribution in [1.82, 2.24) is 19.5 Å². The van der Waals surface area contributed by atoms with Crippen LogP contribution in [0.3, 0.4) is 0 Å². The van der Waals surface area contributed by atoms with Gasteiger partial charge in [-0.25, -0.2) is 9.50 Å². The topological polar surface area (TPSA) is 109 Å². The van der Waals surface area contributed by atoms with Crippen molar-refractivity contribution >= 4 is 29.0 Å². The molecule has 2 aromatic heterocycles. The summed E-state index contributed by atoms with van der Waals surface area (Å²) in [7, 11) is 1.84. The highest BCUT2D eigenvalue weighted by Crippen LogP contribution is 2.28. The molecular formula is C28H39N7O2. The van der Waals surface area contributed by atoms with Crippen LogP contribution in [0.4, 0.5) is 11.5 Å². The van der Waals surface area contributed by atoms with E-state index >= 15 is 0 Å². The number of carbonyl (C=O) groups excluding carboxylic acids is 2. The van der Waals surface area contributed by atoms with Gasteiger partial charge in [0.2, 0.25) is 11.8 Å². The van der Waals surface area contributed by atoms with Crippen molar-refractivity contribution in [1.29, 1.82) is 0 Å². The van der Waals surface area contributed by atoms with Gasteiger partial charge in [0, 0.05) is 36.8 Å². The number of nitrogens with zero attached hydrogens (tertiary/aromatic N) is 5. The molecule has 2 amide bonds. The second-order valence-electron chi connectivity index (χ2n) is 11.5. The van der Waals surface area contributed by atoms with Gasteiger partial charge in [0.15, 0.2) is 5.65 Å². The summed E-state index contributed by atoms with van der Waals surface area (Å²) in [6.45, 7) is 13.1. The Morgan fingerprint density at radius 2 is 1.92 bits per heavy atom. The van der Waals surface area contributed by atoms with Crippen LogP contribution in [-0.2, 0) is 9.59 Å². The zero-order valence-corrected chi connectivity index (χ0v) is 22.9. The first-order chi connectivity index (χ1) is 17.3. The van der Waals surface area contributed by atoms with Crippen LogP contribution < -0.4 is 16.0 Å². The van der Waals surface area contributed by atoms with Gasteiger partial charge in [-0.05, 0) is 43.0 Å². The fourth-order valence-electron chi connectivity index (χ4n) is 4.37. The van der Waals surface area contributed by atoms with Crippen molar-refractivity contribution in [2.24, 2.45) is 17.1 Å². The van der Waals surface area contributed by atoms with Crippen LogP contribution >= 0.6 is 0 Å². The van der Waals surface area contributed by atoms with Crippen LogP contribution in [0.2, 0.25) is 0 Å². The molecule has 2 atom stereocenters. The maximum absolute atomic E-state index is 12.7. The van der Waals surface area contributed by atoms with E-state index in [1.54, 1.807) is 9.42 Å². The number of imidazole rings is 1. The molecule has 1 aliphatic rings. The molecule has 0 radical (unpaired) electrons. The van der Waals surface area contributed by atoms with Gasteiger partial charge in [-0.1, -0.05) is 46.8 Å². The number of anilines is 2. The molecular weight excluding hydrogens is 466 g/mol. The number of aromatic nitrogens is 3. The van der Waals surface area contributed by atoms with Crippen LogP contribution in [0.1, 0.15) is 46.6 Å². The second kappa shape index (κ2) is 10.1. The lowest BCUT2D eigenvalue weighted by Gasteiger charge is -2.29. The third-order valence-corrected chi connectivity index (χ3v) is 7.15. The maximum atomic E-state index is 12.7. The van der Waals surface area contributed by atoms with E-state index in [4.69, 9.17) is 15.8 Å². The summed E-state index contributed by atoms with van der Waals surface area (Å²) >= 11 is 0. The first-order valence-electron chi connectivity index (χ1n) is 12.9. The molecule has 9 heteroatoms. The van der Waals surface area contributed by atoms with Gasteiger partial charge in [0.1, 0.15) is 5.82 Å². The number of amides is 2. The van der Waals surface area contributed by atoms with Crippen molar-refractivity contribution in [3.05, 3.63) is 42.1 Å². The monoisotopic (exact) mass is 505 g/mol. The normalized spacial score (nSPS) is 16.9. The van der Waals surface area contributed by atoms with E-state index in [0.29, 0.717) is 6.54 Å². The Balaban J connectivity index is 1.52. The highest BCUT2D eigenvalue weighted by molar-refractivity contribution is 5.95. The number of aryl methyl sites for hydroxylation is 1. The molecule has 198 valence electrons. The molecule has 0 bridgehead atoms. The third-order valence-electron chi connectivity index (χ3n) is 7.15. The molecule has 9 nitrogen and oxygen atoms in total. The van der Waals surface area contributed by atoms with Crippen LogP contribution in [-0.4, -0.2) is 63.5 Å². The number of benzene rings is 1. The van der Waals surface area contributed by atoms with Crippen molar-refractivity contribution in [3.8, 4) is 11.3 Å². The first-order valence-corrected chi connectivity index (χ1v) is 12.9. The average molecular weight is 506 g/mol. The third kappa shape index (κ3) is 5.61. The van der Waals surface area contributed by atoms with Crippen LogP contribution in [0.15, 0.2) is 36.5 Å². The number of likely N-dealkylation sites (N-methyl/N-ethyl adjacent to an activating group) is 1. The minimum Gasteiger partial charge on any atom is -0.353 e. The van der Waals surface area contributed by atoms with E-state index in [-0.39, 0.29) is 23.8 Å². The predicted molar refractivity (Wildman–Crippen MR) is 147 cm³/mol. The molecule has 4 rings (SSSR count). The number of rotatable bonds is 6. The number of hydrogen-bond acceptors (Lipinski definition) is 6. The van der Waals surface area contributed by atoms with Crippen LogP contribution in [0.25, 0.3) is 16.9 Å². The van der Waals surface area contributed by atoms with Gasteiger partial charge >= 0.3 is 0 Å². The Morgan fingerprint density at radius 3 is 2.59 bits per heavy atom. The SMILES string of the molecule is Cc1ccc(-c2cn3nc(N4CCC(N(C)C(=O)C(N)C(C)C)C4)ccc3n2)cc1NC(=O)C(C)(C)C. The van der Waals surface area contributed by atoms with Gasteiger partial charge in [-0.2, -0.15) is 0 Å². The molecule has 3 heterocycles. The summed E-state index contributed by atoms with van der Waals surface area (Å²) < 4.78 is 1.79. The maximum Gasteiger partial charge on any atom is 0.239 e. The van der Waals surface area contributed by atoms with Crippen molar-refractivity contribution in [3.63, 3.8) is 0 Å². The van der Waals surface area contributed by atoms with E-state index in [9.17, 15) is 9.59 Å². The molecule has 1 fully saturated rings. The van der Waals surface area contributed by atoms with Crippen molar-refractivity contribution in [2.75, 3.05) is 30.4 Å². The smallest absolute Gasteiger partial charge is 0.239 e. The van der Waals surface area contributed by atoms with E-state index in [1.807, 2.05) is 85.1 Å². The quantitative estimate of drug-likeness (QED) is 0.529. The highest BCUT2D eigenvalue weighted by Gasteiger charge is 2.32. The molecule has 1 saturated heterocycles. The molecule has 1 aliphatic heterocycles. The summed E-state index contributed by atoms with van der Waals surface area (Å²) in [6, 6.07) is 9.50.